The molecule has 2 aliphatic rings. The highest BCUT2D eigenvalue weighted by Crippen LogP contribution is 2.21. The van der Waals surface area contributed by atoms with Gasteiger partial charge in [0.1, 0.15) is 24.3 Å². The molecule has 10 heteroatoms. The summed E-state index contributed by atoms with van der Waals surface area (Å²) in [6.45, 7) is 0. The van der Waals surface area contributed by atoms with Crippen LogP contribution in [0.25, 0.3) is 0 Å². The Labute approximate surface area is 184 Å². The minimum absolute atomic E-state index is 0.104. The SMILES string of the molecule is N[C@@H](CS)C(=O)OC1CCCCC1.N[C@@H](CS)C(=O)OC1CCCCC1.O=S. The maximum Gasteiger partial charge on any atom is 0.324 e. The predicted octanol–water partition coefficient (Wildman–Crippen LogP) is 1.90. The van der Waals surface area contributed by atoms with Gasteiger partial charge >= 0.3 is 11.9 Å². The lowest BCUT2D eigenvalue weighted by Crippen LogP contribution is -2.36. The van der Waals surface area contributed by atoms with Gasteiger partial charge in [-0.1, -0.05) is 12.8 Å². The number of nitrogens with two attached hydrogens (primary N) is 2. The van der Waals surface area contributed by atoms with Crippen molar-refractivity contribution in [1.82, 2.24) is 0 Å². The fourth-order valence-electron chi connectivity index (χ4n) is 3.02. The first kappa shape index (κ1) is 27.6. The van der Waals surface area contributed by atoms with E-state index in [1.54, 1.807) is 0 Å². The number of thiol groups is 2. The van der Waals surface area contributed by atoms with Gasteiger partial charge in [-0.2, -0.15) is 29.5 Å². The molecule has 2 fully saturated rings. The highest BCUT2D eigenvalue weighted by Gasteiger charge is 2.21. The van der Waals surface area contributed by atoms with E-state index in [4.69, 9.17) is 25.1 Å². The van der Waals surface area contributed by atoms with Crippen LogP contribution in [-0.4, -0.2) is 51.9 Å². The number of rotatable bonds is 6. The highest BCUT2D eigenvalue weighted by molar-refractivity contribution is 7.80. The Bertz CT molecular complexity index is 395. The molecular weight excluding hydrogens is 420 g/mol. The van der Waals surface area contributed by atoms with Crippen LogP contribution in [0.3, 0.4) is 0 Å². The van der Waals surface area contributed by atoms with Crippen molar-refractivity contribution in [3.05, 3.63) is 0 Å². The highest BCUT2D eigenvalue weighted by atomic mass is 32.1. The quantitative estimate of drug-likeness (QED) is 0.355. The Morgan fingerprint density at radius 3 is 1.29 bits per heavy atom. The molecule has 0 bridgehead atoms. The molecule has 0 heterocycles. The van der Waals surface area contributed by atoms with Gasteiger partial charge in [-0.25, -0.2) is 0 Å². The zero-order chi connectivity index (χ0) is 21.4. The first-order valence-corrected chi connectivity index (χ1v) is 11.4. The second kappa shape index (κ2) is 17.4. The molecule has 0 amide bonds. The molecule has 0 aromatic rings. The van der Waals surface area contributed by atoms with Crippen molar-refractivity contribution in [2.45, 2.75) is 88.5 Å². The molecule has 0 aliphatic heterocycles. The zero-order valence-corrected chi connectivity index (χ0v) is 18.9. The standard InChI is InChI=1S/2C9H17NO2S.OS/c2*10-8(6-13)9(11)12-7-4-2-1-3-5-7;1-2/h2*7-8,13H,1-6,10H2;/t2*8-;/m00./s1. The fourth-order valence-corrected chi connectivity index (χ4v) is 3.32. The van der Waals surface area contributed by atoms with Crippen molar-refractivity contribution in [3.63, 3.8) is 0 Å². The summed E-state index contributed by atoms with van der Waals surface area (Å²) in [5.41, 5.74) is 11.0. The van der Waals surface area contributed by atoms with Crippen LogP contribution in [0.2, 0.25) is 0 Å². The molecule has 0 radical (unpaired) electrons. The van der Waals surface area contributed by atoms with E-state index in [1.807, 2.05) is 0 Å². The molecule has 2 saturated carbocycles. The van der Waals surface area contributed by atoms with Crippen molar-refractivity contribution in [2.24, 2.45) is 11.5 Å². The number of carbonyl (C=O) groups is 2. The van der Waals surface area contributed by atoms with Crippen LogP contribution in [0.1, 0.15) is 64.2 Å². The summed E-state index contributed by atoms with van der Waals surface area (Å²) in [6.07, 6.45) is 11.3. The summed E-state index contributed by atoms with van der Waals surface area (Å²) in [5, 5.41) is 0. The number of hydrogen-bond donors (Lipinski definition) is 4. The molecule has 0 spiro atoms. The van der Waals surface area contributed by atoms with E-state index in [0.717, 1.165) is 51.4 Å². The Morgan fingerprint density at radius 2 is 1.04 bits per heavy atom. The third-order valence-electron chi connectivity index (χ3n) is 4.67. The third-order valence-corrected chi connectivity index (χ3v) is 5.46. The first-order chi connectivity index (χ1) is 13.5. The van der Waals surface area contributed by atoms with E-state index in [1.165, 1.54) is 12.8 Å². The molecule has 0 aromatic carbocycles. The second-order valence-corrected chi connectivity index (χ2v) is 7.70. The molecule has 0 aromatic heterocycles. The van der Waals surface area contributed by atoms with Crippen LogP contribution >= 0.6 is 25.3 Å². The maximum atomic E-state index is 11.2. The third kappa shape index (κ3) is 12.2. The minimum atomic E-state index is -0.565. The van der Waals surface area contributed by atoms with Crippen molar-refractivity contribution in [1.29, 1.82) is 0 Å². The Morgan fingerprint density at radius 1 is 0.750 bits per heavy atom. The summed E-state index contributed by atoms with van der Waals surface area (Å²) >= 11 is 10.7. The predicted molar refractivity (Wildman–Crippen MR) is 118 cm³/mol. The van der Waals surface area contributed by atoms with Gasteiger partial charge in [0, 0.05) is 11.5 Å². The lowest BCUT2D eigenvalue weighted by atomic mass is 9.98. The van der Waals surface area contributed by atoms with E-state index < -0.39 is 12.1 Å². The second-order valence-electron chi connectivity index (χ2n) is 6.97. The van der Waals surface area contributed by atoms with Gasteiger partial charge in [0.2, 0.25) is 0 Å². The van der Waals surface area contributed by atoms with E-state index >= 15 is 0 Å². The van der Waals surface area contributed by atoms with Gasteiger partial charge in [-0.05, 0) is 51.4 Å². The van der Waals surface area contributed by atoms with E-state index in [0.29, 0.717) is 11.5 Å². The van der Waals surface area contributed by atoms with Crippen LogP contribution in [-0.2, 0) is 31.6 Å². The number of esters is 2. The van der Waals surface area contributed by atoms with Crippen molar-refractivity contribution < 1.29 is 23.3 Å². The monoisotopic (exact) mass is 454 g/mol. The van der Waals surface area contributed by atoms with Gasteiger partial charge in [0.25, 0.3) is 0 Å². The van der Waals surface area contributed by atoms with Crippen LogP contribution in [0, 0.1) is 0 Å². The molecule has 2 rings (SSSR count). The maximum absolute atomic E-state index is 11.2. The zero-order valence-electron chi connectivity index (χ0n) is 16.3. The number of hydrogen-bond acceptors (Lipinski definition) is 10. The summed E-state index contributed by atoms with van der Waals surface area (Å²) in [6, 6.07) is -1.13. The van der Waals surface area contributed by atoms with Gasteiger partial charge in [-0.15, -0.1) is 0 Å². The topological polar surface area (TPSA) is 122 Å². The lowest BCUT2D eigenvalue weighted by Gasteiger charge is -2.22. The number of ether oxygens (including phenoxy) is 2. The average molecular weight is 455 g/mol. The molecule has 0 saturated heterocycles. The molecule has 0 unspecified atom stereocenters. The first-order valence-electron chi connectivity index (χ1n) is 9.78. The number of carbonyl (C=O) groups excluding carboxylic acids is 2. The van der Waals surface area contributed by atoms with Crippen LogP contribution in [0.5, 0.6) is 0 Å². The summed E-state index contributed by atoms with van der Waals surface area (Å²) in [4.78, 5) is 22.5. The molecular formula is C18H34N2O5S3. The van der Waals surface area contributed by atoms with E-state index in [2.05, 4.69) is 37.8 Å². The van der Waals surface area contributed by atoms with Crippen molar-refractivity contribution >= 4 is 49.7 Å². The molecule has 7 nitrogen and oxygen atoms in total. The normalized spacial score (nSPS) is 19.7. The van der Waals surface area contributed by atoms with E-state index in [-0.39, 0.29) is 24.1 Å². The lowest BCUT2D eigenvalue weighted by molar-refractivity contribution is -0.152. The molecule has 2 atom stereocenters. The Kier molecular flexibility index (Phi) is 17.2. The van der Waals surface area contributed by atoms with E-state index in [9.17, 15) is 9.59 Å². The van der Waals surface area contributed by atoms with Crippen LogP contribution in [0.4, 0.5) is 0 Å². The Balaban J connectivity index is 0.000000478. The largest absolute Gasteiger partial charge is 0.461 e. The van der Waals surface area contributed by atoms with Gasteiger partial charge < -0.3 is 20.9 Å². The smallest absolute Gasteiger partial charge is 0.324 e. The van der Waals surface area contributed by atoms with Crippen molar-refractivity contribution in [2.75, 3.05) is 11.5 Å². The summed E-state index contributed by atoms with van der Waals surface area (Å²) in [5.74, 6) is 0.0979. The van der Waals surface area contributed by atoms with Gasteiger partial charge in [0.15, 0.2) is 12.5 Å². The van der Waals surface area contributed by atoms with Crippen LogP contribution < -0.4 is 11.5 Å². The molecule has 164 valence electrons. The average Bonchev–Trinajstić information content (AvgIpc) is 2.75. The minimum Gasteiger partial charge on any atom is -0.461 e. The summed E-state index contributed by atoms with van der Waals surface area (Å²) in [7, 11) is 0. The molecule has 4 N–H and O–H groups in total. The van der Waals surface area contributed by atoms with Crippen LogP contribution in [0.15, 0.2) is 0 Å². The molecule has 28 heavy (non-hydrogen) atoms. The summed E-state index contributed by atoms with van der Waals surface area (Å²) < 4.78 is 18.3. The van der Waals surface area contributed by atoms with Gasteiger partial charge in [-0.3, -0.25) is 9.59 Å². The Hall–Kier alpha value is -0.420. The van der Waals surface area contributed by atoms with Crippen molar-refractivity contribution in [3.8, 4) is 0 Å². The van der Waals surface area contributed by atoms with Gasteiger partial charge in [0.05, 0.1) is 0 Å². The fraction of sp³-hybridized carbons (Fsp3) is 0.889. The molecule has 2 aliphatic carbocycles.